The molecule has 3 aromatic rings. The van der Waals surface area contributed by atoms with E-state index in [1.807, 2.05) is 19.9 Å². The molecule has 0 amide bonds. The maximum atomic E-state index is 15.3. The highest BCUT2D eigenvalue weighted by Gasteiger charge is 2.22. The van der Waals surface area contributed by atoms with Gasteiger partial charge in [0.1, 0.15) is 5.69 Å². The summed E-state index contributed by atoms with van der Waals surface area (Å²) in [6.45, 7) is 4.21. The molecule has 0 fully saturated rings. The van der Waals surface area contributed by atoms with Crippen molar-refractivity contribution in [2.24, 2.45) is 0 Å². The van der Waals surface area contributed by atoms with Crippen LogP contribution in [0.2, 0.25) is 5.02 Å². The molecule has 32 heavy (non-hydrogen) atoms. The van der Waals surface area contributed by atoms with Gasteiger partial charge in [0, 0.05) is 41.1 Å². The van der Waals surface area contributed by atoms with Gasteiger partial charge in [0.25, 0.3) is 0 Å². The maximum absolute atomic E-state index is 15.3. The minimum atomic E-state index is -3.73. The summed E-state index contributed by atoms with van der Waals surface area (Å²) in [6, 6.07) is 6.23. The highest BCUT2D eigenvalue weighted by atomic mass is 35.5. The lowest BCUT2D eigenvalue weighted by Gasteiger charge is -2.11. The van der Waals surface area contributed by atoms with Crippen molar-refractivity contribution in [2.75, 3.05) is 22.8 Å². The molecule has 0 aliphatic heterocycles. The van der Waals surface area contributed by atoms with Gasteiger partial charge in [-0.1, -0.05) is 11.6 Å². The van der Waals surface area contributed by atoms with Gasteiger partial charge < -0.3 is 5.32 Å². The molecular weight excluding hydrogens is 457 g/mol. The summed E-state index contributed by atoms with van der Waals surface area (Å²) in [4.78, 5) is 8.59. The SMILES string of the molecule is CC(C)n1cc(-c2ccnc(NCCC#N)n2)c(-c2cc(Cl)cc(NS(C)(=O)=O)c2F)n1. The van der Waals surface area contributed by atoms with Gasteiger partial charge in [-0.05, 0) is 32.0 Å². The Morgan fingerprint density at radius 2 is 2.06 bits per heavy atom. The molecule has 1 aromatic carbocycles. The van der Waals surface area contributed by atoms with E-state index in [4.69, 9.17) is 16.9 Å². The molecule has 0 saturated carbocycles. The predicted octanol–water partition coefficient (Wildman–Crippen LogP) is 4.08. The van der Waals surface area contributed by atoms with Crippen molar-refractivity contribution in [3.8, 4) is 28.6 Å². The van der Waals surface area contributed by atoms with Crippen LogP contribution in [0, 0.1) is 17.1 Å². The van der Waals surface area contributed by atoms with E-state index in [1.165, 1.54) is 12.1 Å². The zero-order valence-corrected chi connectivity index (χ0v) is 19.2. The van der Waals surface area contributed by atoms with Crippen LogP contribution in [-0.2, 0) is 10.0 Å². The van der Waals surface area contributed by atoms with E-state index in [0.717, 1.165) is 6.26 Å². The van der Waals surface area contributed by atoms with Gasteiger partial charge in [-0.2, -0.15) is 10.4 Å². The van der Waals surface area contributed by atoms with Gasteiger partial charge in [0.15, 0.2) is 5.82 Å². The first-order valence-electron chi connectivity index (χ1n) is 9.59. The first kappa shape index (κ1) is 23.4. The van der Waals surface area contributed by atoms with Gasteiger partial charge >= 0.3 is 0 Å². The number of nitrogens with zero attached hydrogens (tertiary/aromatic N) is 5. The minimum absolute atomic E-state index is 0.0238. The normalized spacial score (nSPS) is 11.4. The second kappa shape index (κ2) is 9.50. The Hall–Kier alpha value is -3.23. The van der Waals surface area contributed by atoms with Crippen LogP contribution >= 0.6 is 11.6 Å². The monoisotopic (exact) mass is 477 g/mol. The van der Waals surface area contributed by atoms with Crippen LogP contribution in [0.15, 0.2) is 30.6 Å². The lowest BCUT2D eigenvalue weighted by Crippen LogP contribution is -2.11. The average Bonchev–Trinajstić information content (AvgIpc) is 3.15. The first-order valence-corrected chi connectivity index (χ1v) is 11.9. The number of hydrogen-bond acceptors (Lipinski definition) is 7. The molecule has 0 bridgehead atoms. The lowest BCUT2D eigenvalue weighted by atomic mass is 10.0. The molecule has 168 valence electrons. The standard InChI is InChI=1S/C20H21ClFN7O2S/c1-12(2)29-11-15(16-5-8-25-20(26-16)24-7-4-6-23)19(27-29)14-9-13(21)10-17(18(14)22)28-32(3,30)31/h5,8-12,28H,4,7H2,1-3H3,(H,24,25,26). The quantitative estimate of drug-likeness (QED) is 0.468. The fraction of sp³-hybridized carbons (Fsp3) is 0.300. The van der Waals surface area contributed by atoms with Gasteiger partial charge in [0.05, 0.1) is 30.1 Å². The Bertz CT molecular complexity index is 1290. The predicted molar refractivity (Wildman–Crippen MR) is 121 cm³/mol. The Morgan fingerprint density at radius 1 is 1.31 bits per heavy atom. The Kier molecular flexibility index (Phi) is 6.96. The van der Waals surface area contributed by atoms with Crippen molar-refractivity contribution >= 4 is 33.3 Å². The second-order valence-electron chi connectivity index (χ2n) is 7.25. The van der Waals surface area contributed by atoms with Crippen LogP contribution in [0.4, 0.5) is 16.0 Å². The molecule has 3 rings (SSSR count). The Labute approximate surface area is 190 Å². The highest BCUT2D eigenvalue weighted by Crippen LogP contribution is 2.37. The number of rotatable bonds is 8. The van der Waals surface area contributed by atoms with E-state index < -0.39 is 15.8 Å². The molecule has 0 aliphatic carbocycles. The first-order chi connectivity index (χ1) is 15.1. The molecule has 2 heterocycles. The average molecular weight is 478 g/mol. The zero-order valence-electron chi connectivity index (χ0n) is 17.6. The van der Waals surface area contributed by atoms with Crippen molar-refractivity contribution in [1.29, 1.82) is 5.26 Å². The fourth-order valence-corrected chi connectivity index (χ4v) is 3.67. The molecule has 0 atom stereocenters. The van der Waals surface area contributed by atoms with Crippen LogP contribution in [0.5, 0.6) is 0 Å². The molecule has 0 radical (unpaired) electrons. The summed E-state index contributed by atoms with van der Waals surface area (Å²) in [7, 11) is -3.73. The van der Waals surface area contributed by atoms with Crippen molar-refractivity contribution in [3.63, 3.8) is 0 Å². The van der Waals surface area contributed by atoms with Gasteiger partial charge in [0.2, 0.25) is 16.0 Å². The zero-order chi connectivity index (χ0) is 23.5. The lowest BCUT2D eigenvalue weighted by molar-refractivity contribution is 0.533. The number of hydrogen-bond donors (Lipinski definition) is 2. The summed E-state index contributed by atoms with van der Waals surface area (Å²) >= 11 is 6.17. The molecule has 0 saturated heterocycles. The van der Waals surface area contributed by atoms with Gasteiger partial charge in [-0.15, -0.1) is 0 Å². The van der Waals surface area contributed by atoms with Crippen LogP contribution in [0.1, 0.15) is 26.3 Å². The Balaban J connectivity index is 2.16. The van der Waals surface area contributed by atoms with E-state index in [0.29, 0.717) is 23.8 Å². The summed E-state index contributed by atoms with van der Waals surface area (Å²) < 4.78 is 42.5. The number of halogens is 2. The van der Waals surface area contributed by atoms with Crippen molar-refractivity contribution < 1.29 is 12.8 Å². The van der Waals surface area contributed by atoms with E-state index in [-0.39, 0.29) is 34.4 Å². The summed E-state index contributed by atoms with van der Waals surface area (Å²) in [5, 5.41) is 16.3. The van der Waals surface area contributed by atoms with Crippen molar-refractivity contribution in [2.45, 2.75) is 26.3 Å². The van der Waals surface area contributed by atoms with E-state index in [2.05, 4.69) is 25.1 Å². The maximum Gasteiger partial charge on any atom is 0.229 e. The molecule has 2 N–H and O–H groups in total. The third-order valence-corrected chi connectivity index (χ3v) is 5.11. The van der Waals surface area contributed by atoms with Crippen LogP contribution in [0.25, 0.3) is 22.5 Å². The smallest absolute Gasteiger partial charge is 0.229 e. The number of benzene rings is 1. The molecular formula is C20H21ClFN7O2S. The molecule has 0 unspecified atom stereocenters. The molecule has 12 heteroatoms. The Morgan fingerprint density at radius 3 is 2.72 bits per heavy atom. The topological polar surface area (TPSA) is 126 Å². The molecule has 9 nitrogen and oxygen atoms in total. The van der Waals surface area contributed by atoms with Crippen molar-refractivity contribution in [1.82, 2.24) is 19.7 Å². The van der Waals surface area contributed by atoms with E-state index >= 15 is 4.39 Å². The van der Waals surface area contributed by atoms with Crippen LogP contribution in [0.3, 0.4) is 0 Å². The second-order valence-corrected chi connectivity index (χ2v) is 9.44. The van der Waals surface area contributed by atoms with Gasteiger partial charge in [-0.3, -0.25) is 9.40 Å². The third-order valence-electron chi connectivity index (χ3n) is 4.30. The number of sulfonamides is 1. The third kappa shape index (κ3) is 5.52. The molecule has 0 aliphatic rings. The molecule has 0 spiro atoms. The van der Waals surface area contributed by atoms with E-state index in [1.54, 1.807) is 23.1 Å². The number of nitrogens with one attached hydrogen (secondary N) is 2. The van der Waals surface area contributed by atoms with Crippen LogP contribution in [-0.4, -0.2) is 41.0 Å². The van der Waals surface area contributed by atoms with Crippen LogP contribution < -0.4 is 10.0 Å². The summed E-state index contributed by atoms with van der Waals surface area (Å²) in [6.07, 6.45) is 4.48. The number of aromatic nitrogens is 4. The van der Waals surface area contributed by atoms with Crippen molar-refractivity contribution in [3.05, 3.63) is 41.4 Å². The summed E-state index contributed by atoms with van der Waals surface area (Å²) in [5.41, 5.74) is 0.975. The number of nitriles is 1. The summed E-state index contributed by atoms with van der Waals surface area (Å²) in [5.74, 6) is -0.497. The number of anilines is 2. The molecule has 2 aromatic heterocycles. The largest absolute Gasteiger partial charge is 0.353 e. The van der Waals surface area contributed by atoms with E-state index in [9.17, 15) is 8.42 Å². The van der Waals surface area contributed by atoms with Gasteiger partial charge in [-0.25, -0.2) is 22.8 Å². The highest BCUT2D eigenvalue weighted by molar-refractivity contribution is 7.92. The fourth-order valence-electron chi connectivity index (χ4n) is 2.90. The minimum Gasteiger partial charge on any atom is -0.353 e.